The summed E-state index contributed by atoms with van der Waals surface area (Å²) in [6, 6.07) is -0.323. The number of imide groups is 1. The monoisotopic (exact) mass is 351 g/mol. The topological polar surface area (TPSA) is 46.6 Å². The Kier molecular flexibility index (Phi) is 6.76. The van der Waals surface area contributed by atoms with Crippen molar-refractivity contribution in [3.63, 3.8) is 0 Å². The average Bonchev–Trinajstić information content (AvgIpc) is 2.45. The first kappa shape index (κ1) is 20.8. The summed E-state index contributed by atoms with van der Waals surface area (Å²) >= 11 is 0. The molecule has 5 heteroatoms. The fraction of sp³-hybridized carbons (Fsp3) is 0.684. The Balaban J connectivity index is 3.23. The molecular weight excluding hydrogens is 318 g/mol. The lowest BCUT2D eigenvalue weighted by molar-refractivity contribution is -0.167. The Morgan fingerprint density at radius 3 is 1.92 bits per heavy atom. The number of nitrogens with zero attached hydrogens (tertiary/aromatic N) is 1. The molecule has 0 aliphatic carbocycles. The smallest absolute Gasteiger partial charge is 0.260 e. The number of rotatable bonds is 7. The predicted octanol–water partition coefficient (Wildman–Crippen LogP) is 4.44. The van der Waals surface area contributed by atoms with Crippen LogP contribution in [0.25, 0.3) is 0 Å². The minimum atomic E-state index is -2.18. The van der Waals surface area contributed by atoms with E-state index in [4.69, 9.17) is 4.43 Å². The van der Waals surface area contributed by atoms with E-state index in [0.29, 0.717) is 16.6 Å². The molecule has 2 unspecified atom stereocenters. The molecule has 1 heterocycles. The van der Waals surface area contributed by atoms with Gasteiger partial charge in [0.1, 0.15) is 6.10 Å². The lowest BCUT2D eigenvalue weighted by atomic mass is 9.96. The van der Waals surface area contributed by atoms with Crippen molar-refractivity contribution < 1.29 is 14.0 Å². The highest BCUT2D eigenvalue weighted by Gasteiger charge is 2.56. The molecule has 0 aromatic rings. The zero-order valence-corrected chi connectivity index (χ0v) is 17.4. The van der Waals surface area contributed by atoms with Gasteiger partial charge >= 0.3 is 0 Å². The molecule has 1 saturated heterocycles. The van der Waals surface area contributed by atoms with Gasteiger partial charge in [0, 0.05) is 0 Å². The molecule has 2 atom stereocenters. The van der Waals surface area contributed by atoms with Crippen LogP contribution in [-0.2, 0) is 14.0 Å². The quantitative estimate of drug-likeness (QED) is 0.295. The van der Waals surface area contributed by atoms with Crippen molar-refractivity contribution in [2.45, 2.75) is 84.2 Å². The maximum atomic E-state index is 12.6. The minimum Gasteiger partial charge on any atom is -0.402 e. The summed E-state index contributed by atoms with van der Waals surface area (Å²) in [5.41, 5.74) is 2.24. The summed E-state index contributed by atoms with van der Waals surface area (Å²) in [7, 11) is -2.18. The average molecular weight is 352 g/mol. The molecule has 0 aromatic carbocycles. The van der Waals surface area contributed by atoms with Gasteiger partial charge in [-0.05, 0) is 36.5 Å². The first-order chi connectivity index (χ1) is 11.0. The van der Waals surface area contributed by atoms with E-state index in [2.05, 4.69) is 48.1 Å². The molecule has 1 aliphatic rings. The fourth-order valence-electron chi connectivity index (χ4n) is 4.09. The SMILES string of the molecule is C=CC(=O)N1C(=O)C(O[Si](C(C)C)(C(C)C)C(C)C)C1C=C(C)C. The zero-order chi connectivity index (χ0) is 18.8. The van der Waals surface area contributed by atoms with Crippen molar-refractivity contribution in [1.29, 1.82) is 0 Å². The van der Waals surface area contributed by atoms with Gasteiger partial charge in [-0.3, -0.25) is 14.5 Å². The van der Waals surface area contributed by atoms with Crippen LogP contribution in [0.15, 0.2) is 24.3 Å². The molecule has 0 bridgehead atoms. The third-order valence-electron chi connectivity index (χ3n) is 5.04. The van der Waals surface area contributed by atoms with Gasteiger partial charge in [-0.1, -0.05) is 59.8 Å². The Bertz CT molecular complexity index is 511. The van der Waals surface area contributed by atoms with Crippen LogP contribution in [0.1, 0.15) is 55.4 Å². The maximum absolute atomic E-state index is 12.6. The van der Waals surface area contributed by atoms with Crippen molar-refractivity contribution in [3.8, 4) is 0 Å². The van der Waals surface area contributed by atoms with E-state index in [9.17, 15) is 9.59 Å². The van der Waals surface area contributed by atoms with Crippen LogP contribution in [0, 0.1) is 0 Å². The summed E-state index contributed by atoms with van der Waals surface area (Å²) in [5, 5.41) is 0. The van der Waals surface area contributed by atoms with Gasteiger partial charge in [-0.25, -0.2) is 0 Å². The first-order valence-electron chi connectivity index (χ1n) is 8.82. The third kappa shape index (κ3) is 3.57. The number of β-lactam (4-membered cyclic amide) rings is 1. The second-order valence-corrected chi connectivity index (χ2v) is 13.2. The number of allylic oxidation sites excluding steroid dienone is 1. The lowest BCUT2D eigenvalue weighted by Crippen LogP contribution is -2.70. The number of likely N-dealkylation sites (tertiary alicyclic amines) is 1. The van der Waals surface area contributed by atoms with E-state index in [0.717, 1.165) is 5.57 Å². The van der Waals surface area contributed by atoms with Crippen molar-refractivity contribution >= 4 is 20.1 Å². The van der Waals surface area contributed by atoms with Crippen LogP contribution in [0.5, 0.6) is 0 Å². The summed E-state index contributed by atoms with van der Waals surface area (Å²) in [4.78, 5) is 25.9. The number of hydrogen-bond acceptors (Lipinski definition) is 3. The van der Waals surface area contributed by atoms with Gasteiger partial charge in [0.25, 0.3) is 11.8 Å². The van der Waals surface area contributed by atoms with Crippen molar-refractivity contribution in [2.24, 2.45) is 0 Å². The highest BCUT2D eigenvalue weighted by Crippen LogP contribution is 2.45. The summed E-state index contributed by atoms with van der Waals surface area (Å²) in [6.07, 6.45) is 2.59. The van der Waals surface area contributed by atoms with Crippen molar-refractivity contribution in [3.05, 3.63) is 24.3 Å². The van der Waals surface area contributed by atoms with E-state index < -0.39 is 14.4 Å². The summed E-state index contributed by atoms with van der Waals surface area (Å²) in [6.45, 7) is 20.6. The summed E-state index contributed by atoms with van der Waals surface area (Å²) < 4.78 is 6.63. The van der Waals surface area contributed by atoms with Crippen LogP contribution in [0.4, 0.5) is 0 Å². The van der Waals surface area contributed by atoms with Gasteiger partial charge < -0.3 is 4.43 Å². The molecule has 136 valence electrons. The van der Waals surface area contributed by atoms with Crippen LogP contribution in [-0.4, -0.2) is 37.2 Å². The zero-order valence-electron chi connectivity index (χ0n) is 16.4. The van der Waals surface area contributed by atoms with Crippen LogP contribution in [0.2, 0.25) is 16.6 Å². The van der Waals surface area contributed by atoms with Gasteiger partial charge in [0.15, 0.2) is 0 Å². The molecule has 24 heavy (non-hydrogen) atoms. The number of hydrogen-bond donors (Lipinski definition) is 0. The molecular formula is C19H33NO3Si. The largest absolute Gasteiger partial charge is 0.402 e. The van der Waals surface area contributed by atoms with Crippen LogP contribution in [0.3, 0.4) is 0 Å². The molecule has 0 radical (unpaired) electrons. The Hall–Kier alpha value is -1.20. The van der Waals surface area contributed by atoms with Gasteiger partial charge in [-0.2, -0.15) is 0 Å². The Labute approximate surface area is 148 Å². The number of amides is 2. The standard InChI is InChI=1S/C19H33NO3Si/c1-10-17(21)20-16(11-12(2)3)18(19(20)22)23-24(13(4)5,14(6)7)15(8)9/h10-11,13-16,18H,1H2,2-9H3. The lowest BCUT2D eigenvalue weighted by Gasteiger charge is -2.51. The first-order valence-corrected chi connectivity index (χ1v) is 11.0. The molecule has 1 rings (SSSR count). The van der Waals surface area contributed by atoms with Crippen molar-refractivity contribution in [2.75, 3.05) is 0 Å². The molecule has 1 fully saturated rings. The molecule has 0 saturated carbocycles. The highest BCUT2D eigenvalue weighted by atomic mass is 28.4. The van der Waals surface area contributed by atoms with E-state index in [-0.39, 0.29) is 17.9 Å². The molecule has 0 aromatic heterocycles. The maximum Gasteiger partial charge on any atom is 0.260 e. The Morgan fingerprint density at radius 1 is 1.12 bits per heavy atom. The van der Waals surface area contributed by atoms with E-state index in [1.54, 1.807) is 0 Å². The molecule has 0 N–H and O–H groups in total. The highest BCUT2D eigenvalue weighted by molar-refractivity contribution is 6.77. The second-order valence-electron chi connectivity index (χ2n) is 7.84. The van der Waals surface area contributed by atoms with Crippen molar-refractivity contribution in [1.82, 2.24) is 4.90 Å². The van der Waals surface area contributed by atoms with Crippen LogP contribution >= 0.6 is 0 Å². The van der Waals surface area contributed by atoms with Gasteiger partial charge in [-0.15, -0.1) is 0 Å². The number of carbonyl (C=O) groups is 2. The third-order valence-corrected chi connectivity index (χ3v) is 11.1. The van der Waals surface area contributed by atoms with E-state index in [1.165, 1.54) is 11.0 Å². The van der Waals surface area contributed by atoms with Gasteiger partial charge in [0.05, 0.1) is 6.04 Å². The van der Waals surface area contributed by atoms with E-state index >= 15 is 0 Å². The van der Waals surface area contributed by atoms with Crippen LogP contribution < -0.4 is 0 Å². The molecule has 0 spiro atoms. The summed E-state index contributed by atoms with van der Waals surface area (Å²) in [5.74, 6) is -0.588. The predicted molar refractivity (Wildman–Crippen MR) is 101 cm³/mol. The minimum absolute atomic E-state index is 0.235. The Morgan fingerprint density at radius 2 is 1.58 bits per heavy atom. The molecule has 4 nitrogen and oxygen atoms in total. The fourth-order valence-corrected chi connectivity index (χ4v) is 9.59. The van der Waals surface area contributed by atoms with E-state index in [1.807, 2.05) is 19.9 Å². The molecule has 1 aliphatic heterocycles. The normalized spacial score (nSPS) is 21.3. The number of carbonyl (C=O) groups excluding carboxylic acids is 2. The second kappa shape index (κ2) is 7.79. The van der Waals surface area contributed by atoms with Gasteiger partial charge in [0.2, 0.25) is 8.32 Å². The molecule has 2 amide bonds.